The summed E-state index contributed by atoms with van der Waals surface area (Å²) in [6.07, 6.45) is 2.01. The molecule has 2 atom stereocenters. The second kappa shape index (κ2) is 3.31. The zero-order valence-corrected chi connectivity index (χ0v) is 7.19. The van der Waals surface area contributed by atoms with E-state index in [-0.39, 0.29) is 12.0 Å². The summed E-state index contributed by atoms with van der Waals surface area (Å²) in [6.45, 7) is 0.977. The van der Waals surface area contributed by atoms with E-state index in [1.54, 1.807) is 0 Å². The molecular formula is C6H12NO2P. The van der Waals surface area contributed by atoms with Crippen molar-refractivity contribution in [3.05, 3.63) is 0 Å². The molecule has 0 N–H and O–H groups in total. The van der Waals surface area contributed by atoms with Crippen LogP contribution in [0.15, 0.2) is 0 Å². The van der Waals surface area contributed by atoms with Crippen LogP contribution in [0, 0.1) is 0 Å². The average molecular weight is 161 g/mol. The first-order chi connectivity index (χ1) is 4.75. The lowest BCUT2D eigenvalue weighted by atomic mass is 10.2. The van der Waals surface area contributed by atoms with E-state index in [1.165, 1.54) is 7.11 Å². The number of carbonyl (C=O) groups excluding carboxylic acids is 1. The number of hydrogen-bond acceptors (Lipinski definition) is 3. The molecule has 1 fully saturated rings. The van der Waals surface area contributed by atoms with Crippen LogP contribution < -0.4 is 0 Å². The first-order valence-corrected chi connectivity index (χ1v) is 3.86. The van der Waals surface area contributed by atoms with Gasteiger partial charge < -0.3 is 4.74 Å². The first-order valence-electron chi connectivity index (χ1n) is 3.35. The van der Waals surface area contributed by atoms with Crippen molar-refractivity contribution < 1.29 is 9.53 Å². The largest absolute Gasteiger partial charge is 0.468 e. The summed E-state index contributed by atoms with van der Waals surface area (Å²) in [6, 6.07) is -0.0185. The van der Waals surface area contributed by atoms with Crippen LogP contribution in [0.2, 0.25) is 0 Å². The summed E-state index contributed by atoms with van der Waals surface area (Å²) in [5, 5.41) is 0. The lowest BCUT2D eigenvalue weighted by Crippen LogP contribution is -2.29. The Morgan fingerprint density at radius 3 is 2.90 bits per heavy atom. The molecular weight excluding hydrogens is 149 g/mol. The van der Waals surface area contributed by atoms with Crippen molar-refractivity contribution in [2.75, 3.05) is 13.7 Å². The highest BCUT2D eigenvalue weighted by Gasteiger charge is 2.28. The molecule has 0 saturated carbocycles. The van der Waals surface area contributed by atoms with E-state index in [0.29, 0.717) is 0 Å². The molecule has 0 aromatic rings. The van der Waals surface area contributed by atoms with Gasteiger partial charge in [0.2, 0.25) is 0 Å². The molecule has 0 bridgehead atoms. The Morgan fingerprint density at radius 1 is 1.80 bits per heavy atom. The Kier molecular flexibility index (Phi) is 2.64. The van der Waals surface area contributed by atoms with Gasteiger partial charge in [0.25, 0.3) is 0 Å². The van der Waals surface area contributed by atoms with Crippen molar-refractivity contribution in [2.45, 2.75) is 18.9 Å². The fourth-order valence-corrected chi connectivity index (χ4v) is 1.63. The average Bonchev–Trinajstić information content (AvgIpc) is 2.34. The van der Waals surface area contributed by atoms with Crippen molar-refractivity contribution in [1.82, 2.24) is 4.67 Å². The van der Waals surface area contributed by atoms with Gasteiger partial charge in [-0.3, -0.25) is 9.46 Å². The van der Waals surface area contributed by atoms with Crippen LogP contribution >= 0.6 is 9.39 Å². The van der Waals surface area contributed by atoms with Crippen LogP contribution in [0.25, 0.3) is 0 Å². The SMILES string of the molecule is COC(=O)C1CCCN1P. The van der Waals surface area contributed by atoms with E-state index in [1.807, 2.05) is 4.67 Å². The topological polar surface area (TPSA) is 29.5 Å². The lowest BCUT2D eigenvalue weighted by Gasteiger charge is -2.15. The molecule has 0 aliphatic carbocycles. The van der Waals surface area contributed by atoms with E-state index in [9.17, 15) is 4.79 Å². The standard InChI is InChI=1S/C6H12NO2P/c1-9-6(8)5-3-2-4-7(5)10/h5H,2-4,10H2,1H3. The van der Waals surface area contributed by atoms with Gasteiger partial charge in [0, 0.05) is 6.54 Å². The molecule has 58 valence electrons. The third-order valence-electron chi connectivity index (χ3n) is 1.77. The summed E-state index contributed by atoms with van der Waals surface area (Å²) in [4.78, 5) is 10.9. The Labute approximate surface area is 63.0 Å². The van der Waals surface area contributed by atoms with Crippen LogP contribution in [-0.4, -0.2) is 30.3 Å². The Hall–Kier alpha value is -0.140. The predicted molar refractivity (Wildman–Crippen MR) is 41.5 cm³/mol. The molecule has 0 radical (unpaired) electrons. The number of esters is 1. The minimum absolute atomic E-state index is 0.0185. The van der Waals surface area contributed by atoms with Gasteiger partial charge in [0.05, 0.1) is 7.11 Å². The number of hydrogen-bond donors (Lipinski definition) is 0. The number of rotatable bonds is 1. The number of carbonyl (C=O) groups is 1. The Balaban J connectivity index is 2.46. The van der Waals surface area contributed by atoms with Crippen molar-refractivity contribution in [1.29, 1.82) is 0 Å². The van der Waals surface area contributed by atoms with Gasteiger partial charge in [-0.2, -0.15) is 0 Å². The zero-order valence-electron chi connectivity index (χ0n) is 6.04. The van der Waals surface area contributed by atoms with E-state index < -0.39 is 0 Å². The molecule has 4 heteroatoms. The van der Waals surface area contributed by atoms with E-state index in [0.717, 1.165) is 19.4 Å². The highest BCUT2D eigenvalue weighted by atomic mass is 31.0. The molecule has 1 heterocycles. The van der Waals surface area contributed by atoms with Gasteiger partial charge in [0.15, 0.2) is 0 Å². The molecule has 1 aliphatic rings. The Bertz CT molecular complexity index is 140. The maximum atomic E-state index is 10.9. The molecule has 0 aromatic heterocycles. The van der Waals surface area contributed by atoms with Crippen molar-refractivity contribution in [3.8, 4) is 0 Å². The summed E-state index contributed by atoms with van der Waals surface area (Å²) < 4.78 is 6.56. The van der Waals surface area contributed by atoms with Gasteiger partial charge in [-0.05, 0) is 12.8 Å². The normalized spacial score (nSPS) is 26.8. The zero-order chi connectivity index (χ0) is 7.56. The molecule has 2 unspecified atom stereocenters. The number of nitrogens with zero attached hydrogens (tertiary/aromatic N) is 1. The van der Waals surface area contributed by atoms with Gasteiger partial charge in [-0.15, -0.1) is 0 Å². The van der Waals surface area contributed by atoms with Crippen LogP contribution in [0.3, 0.4) is 0 Å². The van der Waals surface area contributed by atoms with E-state index in [2.05, 4.69) is 14.1 Å². The van der Waals surface area contributed by atoms with Crippen molar-refractivity contribution in [3.63, 3.8) is 0 Å². The molecule has 0 spiro atoms. The van der Waals surface area contributed by atoms with Gasteiger partial charge in [-0.1, -0.05) is 9.39 Å². The van der Waals surface area contributed by atoms with E-state index in [4.69, 9.17) is 0 Å². The van der Waals surface area contributed by atoms with Crippen LogP contribution in [0.1, 0.15) is 12.8 Å². The third kappa shape index (κ3) is 1.47. The quantitative estimate of drug-likeness (QED) is 0.412. The maximum absolute atomic E-state index is 10.9. The third-order valence-corrected chi connectivity index (χ3v) is 2.39. The van der Waals surface area contributed by atoms with Crippen LogP contribution in [-0.2, 0) is 9.53 Å². The molecule has 1 aliphatic heterocycles. The molecule has 0 aromatic carbocycles. The molecule has 1 rings (SSSR count). The van der Waals surface area contributed by atoms with Crippen molar-refractivity contribution >= 4 is 15.4 Å². The number of methoxy groups -OCH3 is 1. The van der Waals surface area contributed by atoms with Gasteiger partial charge >= 0.3 is 5.97 Å². The second-order valence-electron chi connectivity index (χ2n) is 2.42. The monoisotopic (exact) mass is 161 g/mol. The minimum atomic E-state index is -0.118. The fourth-order valence-electron chi connectivity index (χ4n) is 1.18. The maximum Gasteiger partial charge on any atom is 0.323 e. The summed E-state index contributed by atoms with van der Waals surface area (Å²) in [5.41, 5.74) is 0. The van der Waals surface area contributed by atoms with Crippen LogP contribution in [0.5, 0.6) is 0 Å². The highest BCUT2D eigenvalue weighted by molar-refractivity contribution is 7.13. The predicted octanol–water partition coefficient (Wildman–Crippen LogP) is 0.414. The molecule has 1 saturated heterocycles. The van der Waals surface area contributed by atoms with Crippen LogP contribution in [0.4, 0.5) is 0 Å². The van der Waals surface area contributed by atoms with Crippen molar-refractivity contribution in [2.24, 2.45) is 0 Å². The summed E-state index contributed by atoms with van der Waals surface area (Å²) in [7, 11) is 3.97. The van der Waals surface area contributed by atoms with E-state index >= 15 is 0 Å². The molecule has 10 heavy (non-hydrogen) atoms. The lowest BCUT2D eigenvalue weighted by molar-refractivity contribution is -0.144. The molecule has 3 nitrogen and oxygen atoms in total. The molecule has 0 amide bonds. The summed E-state index contributed by atoms with van der Waals surface area (Å²) >= 11 is 0. The van der Waals surface area contributed by atoms with Gasteiger partial charge in [-0.25, -0.2) is 0 Å². The highest BCUT2D eigenvalue weighted by Crippen LogP contribution is 2.21. The second-order valence-corrected chi connectivity index (χ2v) is 3.08. The van der Waals surface area contributed by atoms with Gasteiger partial charge in [0.1, 0.15) is 6.04 Å². The fraction of sp³-hybridized carbons (Fsp3) is 0.833. The Morgan fingerprint density at radius 2 is 2.50 bits per heavy atom. The first kappa shape index (κ1) is 7.96. The minimum Gasteiger partial charge on any atom is -0.468 e. The number of ether oxygens (including phenoxy) is 1. The summed E-state index contributed by atoms with van der Waals surface area (Å²) in [5.74, 6) is -0.118. The smallest absolute Gasteiger partial charge is 0.323 e.